The van der Waals surface area contributed by atoms with Gasteiger partial charge in [0.2, 0.25) is 11.6 Å². The van der Waals surface area contributed by atoms with Crippen molar-refractivity contribution >= 4 is 11.6 Å². The maximum Gasteiger partial charge on any atom is 0.406 e. The fourth-order valence-electron chi connectivity index (χ4n) is 1.90. The number of aromatic nitrogens is 2. The van der Waals surface area contributed by atoms with Crippen molar-refractivity contribution in [3.8, 4) is 0 Å². The van der Waals surface area contributed by atoms with Crippen molar-refractivity contribution < 1.29 is 4.92 Å². The molecule has 7 nitrogen and oxygen atoms in total. The second-order valence-electron chi connectivity index (χ2n) is 4.52. The average Bonchev–Trinajstić information content (AvgIpc) is 2.73. The van der Waals surface area contributed by atoms with Crippen molar-refractivity contribution in [3.05, 3.63) is 51.3 Å². The van der Waals surface area contributed by atoms with E-state index in [1.807, 2.05) is 24.3 Å². The predicted molar refractivity (Wildman–Crippen MR) is 76.3 cm³/mol. The number of nitrogens with two attached hydrogens (primary N) is 1. The molecule has 0 aliphatic carbocycles. The van der Waals surface area contributed by atoms with Gasteiger partial charge in [0.1, 0.15) is 0 Å². The minimum absolute atomic E-state index is 0.149. The van der Waals surface area contributed by atoms with Crippen molar-refractivity contribution in [2.75, 3.05) is 5.32 Å². The van der Waals surface area contributed by atoms with Gasteiger partial charge in [-0.05, 0) is 21.0 Å². The molecule has 2 aromatic rings. The summed E-state index contributed by atoms with van der Waals surface area (Å²) in [6.07, 6.45) is 0. The summed E-state index contributed by atoms with van der Waals surface area (Å²) in [5.74, 6) is 0.858. The lowest BCUT2D eigenvalue weighted by Gasteiger charge is -2.07. The minimum atomic E-state index is -0.479. The van der Waals surface area contributed by atoms with Crippen LogP contribution in [-0.4, -0.2) is 14.5 Å². The second kappa shape index (κ2) is 5.70. The lowest BCUT2D eigenvalue weighted by molar-refractivity contribution is -0.388. The quantitative estimate of drug-likeness (QED) is 0.639. The van der Waals surface area contributed by atoms with E-state index in [9.17, 15) is 10.1 Å². The standard InChI is InChI=1S/C13H17N5O2/c1-9-16-13(18(19)20)12(17(9)2)15-8-11-5-3-10(7-14)4-6-11/h3-6,15H,7-8,14H2,1-2H3. The van der Waals surface area contributed by atoms with Gasteiger partial charge in [-0.3, -0.25) is 4.57 Å². The number of benzene rings is 1. The van der Waals surface area contributed by atoms with E-state index in [1.165, 1.54) is 0 Å². The van der Waals surface area contributed by atoms with E-state index in [2.05, 4.69) is 10.3 Å². The highest BCUT2D eigenvalue weighted by atomic mass is 16.6. The molecule has 1 aromatic carbocycles. The SMILES string of the molecule is Cc1nc([N+](=O)[O-])c(NCc2ccc(CN)cc2)n1C. The number of nitrogens with zero attached hydrogens (tertiary/aromatic N) is 3. The van der Waals surface area contributed by atoms with Crippen LogP contribution in [0.2, 0.25) is 0 Å². The van der Waals surface area contributed by atoms with Crippen molar-refractivity contribution in [1.82, 2.24) is 9.55 Å². The largest absolute Gasteiger partial charge is 0.406 e. The van der Waals surface area contributed by atoms with Crippen LogP contribution >= 0.6 is 0 Å². The number of anilines is 1. The fraction of sp³-hybridized carbons (Fsp3) is 0.308. The van der Waals surface area contributed by atoms with E-state index < -0.39 is 4.92 Å². The molecular formula is C13H17N5O2. The van der Waals surface area contributed by atoms with Gasteiger partial charge >= 0.3 is 5.82 Å². The van der Waals surface area contributed by atoms with Gasteiger partial charge < -0.3 is 21.2 Å². The fourth-order valence-corrected chi connectivity index (χ4v) is 1.90. The Morgan fingerprint density at radius 3 is 2.50 bits per heavy atom. The molecule has 0 aliphatic rings. The van der Waals surface area contributed by atoms with Crippen LogP contribution in [0.4, 0.5) is 11.6 Å². The zero-order valence-corrected chi connectivity index (χ0v) is 11.5. The van der Waals surface area contributed by atoms with E-state index in [4.69, 9.17) is 5.73 Å². The summed E-state index contributed by atoms with van der Waals surface area (Å²) >= 11 is 0. The van der Waals surface area contributed by atoms with Crippen molar-refractivity contribution in [2.45, 2.75) is 20.0 Å². The first-order chi connectivity index (χ1) is 9.52. The molecule has 20 heavy (non-hydrogen) atoms. The van der Waals surface area contributed by atoms with Crippen molar-refractivity contribution in [3.63, 3.8) is 0 Å². The van der Waals surface area contributed by atoms with Crippen molar-refractivity contribution in [2.24, 2.45) is 12.8 Å². The van der Waals surface area contributed by atoms with Gasteiger partial charge in [0, 0.05) is 27.1 Å². The number of hydrogen-bond donors (Lipinski definition) is 2. The van der Waals surface area contributed by atoms with Crippen LogP contribution in [0.15, 0.2) is 24.3 Å². The van der Waals surface area contributed by atoms with Gasteiger partial charge in [0.15, 0.2) is 0 Å². The normalized spacial score (nSPS) is 10.6. The zero-order chi connectivity index (χ0) is 14.7. The summed E-state index contributed by atoms with van der Waals surface area (Å²) in [4.78, 5) is 14.4. The Kier molecular flexibility index (Phi) is 3.99. The number of rotatable bonds is 5. The first-order valence-electron chi connectivity index (χ1n) is 6.22. The third-order valence-corrected chi connectivity index (χ3v) is 3.19. The number of hydrogen-bond acceptors (Lipinski definition) is 5. The highest BCUT2D eigenvalue weighted by Gasteiger charge is 2.23. The van der Waals surface area contributed by atoms with Crippen molar-refractivity contribution in [1.29, 1.82) is 0 Å². The van der Waals surface area contributed by atoms with E-state index >= 15 is 0 Å². The molecule has 0 atom stereocenters. The summed E-state index contributed by atoms with van der Waals surface area (Å²) in [5, 5.41) is 14.0. The molecule has 0 unspecified atom stereocenters. The van der Waals surface area contributed by atoms with Gasteiger partial charge in [0.05, 0.1) is 0 Å². The highest BCUT2D eigenvalue weighted by molar-refractivity contribution is 5.53. The van der Waals surface area contributed by atoms with Gasteiger partial charge in [-0.15, -0.1) is 0 Å². The molecule has 0 radical (unpaired) electrons. The molecule has 3 N–H and O–H groups in total. The Bertz CT molecular complexity index is 618. The Balaban J connectivity index is 2.15. The summed E-state index contributed by atoms with van der Waals surface area (Å²) in [7, 11) is 1.75. The van der Waals surface area contributed by atoms with Crippen LogP contribution in [0.3, 0.4) is 0 Å². The smallest absolute Gasteiger partial charge is 0.360 e. The highest BCUT2D eigenvalue weighted by Crippen LogP contribution is 2.24. The van der Waals surface area contributed by atoms with E-state index in [0.29, 0.717) is 24.7 Å². The van der Waals surface area contributed by atoms with Crippen LogP contribution in [0.25, 0.3) is 0 Å². The second-order valence-corrected chi connectivity index (χ2v) is 4.52. The molecule has 0 aliphatic heterocycles. The van der Waals surface area contributed by atoms with Crippen LogP contribution in [0, 0.1) is 17.0 Å². The molecule has 0 saturated heterocycles. The molecule has 0 fully saturated rings. The third-order valence-electron chi connectivity index (χ3n) is 3.19. The number of aryl methyl sites for hydroxylation is 1. The number of nitrogens with one attached hydrogen (secondary N) is 1. The van der Waals surface area contributed by atoms with Crippen LogP contribution < -0.4 is 11.1 Å². The number of imidazole rings is 1. The number of nitro groups is 1. The molecule has 2 rings (SSSR count). The predicted octanol–water partition coefficient (Wildman–Crippen LogP) is 1.71. The summed E-state index contributed by atoms with van der Waals surface area (Å²) < 4.78 is 1.67. The molecule has 1 aromatic heterocycles. The van der Waals surface area contributed by atoms with E-state index in [0.717, 1.165) is 11.1 Å². The van der Waals surface area contributed by atoms with Gasteiger partial charge in [-0.2, -0.15) is 0 Å². The van der Waals surface area contributed by atoms with Gasteiger partial charge in [-0.1, -0.05) is 24.3 Å². The Morgan fingerprint density at radius 2 is 1.95 bits per heavy atom. The molecule has 1 heterocycles. The lowest BCUT2D eigenvalue weighted by atomic mass is 10.1. The van der Waals surface area contributed by atoms with E-state index in [-0.39, 0.29) is 5.82 Å². The summed E-state index contributed by atoms with van der Waals surface area (Å²) in [6, 6.07) is 7.79. The Hall–Kier alpha value is -2.41. The van der Waals surface area contributed by atoms with Gasteiger partial charge in [-0.25, -0.2) is 0 Å². The summed E-state index contributed by atoms with van der Waals surface area (Å²) in [5.41, 5.74) is 7.61. The Morgan fingerprint density at radius 1 is 1.35 bits per heavy atom. The monoisotopic (exact) mass is 275 g/mol. The first-order valence-corrected chi connectivity index (χ1v) is 6.22. The molecule has 0 spiro atoms. The van der Waals surface area contributed by atoms with Crippen LogP contribution in [-0.2, 0) is 20.1 Å². The topological polar surface area (TPSA) is 99.0 Å². The first kappa shape index (κ1) is 14.0. The van der Waals surface area contributed by atoms with E-state index in [1.54, 1.807) is 18.5 Å². The maximum atomic E-state index is 11.0. The van der Waals surface area contributed by atoms with Crippen LogP contribution in [0.5, 0.6) is 0 Å². The molecule has 0 bridgehead atoms. The molecule has 106 valence electrons. The third kappa shape index (κ3) is 2.77. The van der Waals surface area contributed by atoms with Gasteiger partial charge in [0.25, 0.3) is 0 Å². The Labute approximate surface area is 116 Å². The molecular weight excluding hydrogens is 258 g/mol. The zero-order valence-electron chi connectivity index (χ0n) is 11.5. The molecule has 0 amide bonds. The summed E-state index contributed by atoms with van der Waals surface area (Å²) in [6.45, 7) is 2.72. The minimum Gasteiger partial charge on any atom is -0.360 e. The maximum absolute atomic E-state index is 11.0. The lowest BCUT2D eigenvalue weighted by Crippen LogP contribution is -2.06. The molecule has 0 saturated carbocycles. The average molecular weight is 275 g/mol. The molecule has 7 heteroatoms. The van der Waals surface area contributed by atoms with Crippen LogP contribution in [0.1, 0.15) is 17.0 Å².